The van der Waals surface area contributed by atoms with Crippen LogP contribution in [0.1, 0.15) is 61.8 Å². The Kier molecular flexibility index (Phi) is 7.52. The summed E-state index contributed by atoms with van der Waals surface area (Å²) in [6.45, 7) is 6.72. The molecule has 0 unspecified atom stereocenters. The second-order valence-corrected chi connectivity index (χ2v) is 9.36. The van der Waals surface area contributed by atoms with Gasteiger partial charge in [0, 0.05) is 28.9 Å². The molecule has 0 aliphatic heterocycles. The van der Waals surface area contributed by atoms with Crippen LogP contribution < -0.4 is 15.4 Å². The maximum Gasteiger partial charge on any atom is 0.255 e. The molecule has 3 aromatic rings. The van der Waals surface area contributed by atoms with Gasteiger partial charge in [-0.1, -0.05) is 25.6 Å². The van der Waals surface area contributed by atoms with Gasteiger partial charge in [-0.05, 0) is 68.3 Å². The van der Waals surface area contributed by atoms with Gasteiger partial charge in [0.05, 0.1) is 12.4 Å². The minimum atomic E-state index is -0.224. The molecule has 34 heavy (non-hydrogen) atoms. The predicted molar refractivity (Wildman–Crippen MR) is 134 cm³/mol. The van der Waals surface area contributed by atoms with Crippen molar-refractivity contribution in [3.05, 3.63) is 59.9 Å². The van der Waals surface area contributed by atoms with Crippen molar-refractivity contribution >= 4 is 35.0 Å². The molecule has 0 radical (unpaired) electrons. The Hall–Kier alpha value is -3.33. The number of nitrogens with zero attached hydrogens (tertiary/aromatic N) is 3. The molecule has 1 heterocycles. The van der Waals surface area contributed by atoms with Crippen molar-refractivity contribution in [3.8, 4) is 5.75 Å². The van der Waals surface area contributed by atoms with Crippen LogP contribution in [-0.4, -0.2) is 38.9 Å². The van der Waals surface area contributed by atoms with Crippen molar-refractivity contribution in [1.29, 1.82) is 0 Å². The van der Waals surface area contributed by atoms with E-state index in [9.17, 15) is 9.59 Å². The number of nitrogens with one attached hydrogen (secondary N) is 2. The molecular formula is C25H29N5O3S. The molecule has 178 valence electrons. The van der Waals surface area contributed by atoms with Crippen molar-refractivity contribution in [2.45, 2.75) is 50.7 Å². The van der Waals surface area contributed by atoms with E-state index < -0.39 is 0 Å². The number of ether oxygens (including phenoxy) is 1. The summed E-state index contributed by atoms with van der Waals surface area (Å²) in [4.78, 5) is 25.0. The van der Waals surface area contributed by atoms with E-state index in [1.807, 2.05) is 19.1 Å². The second-order valence-electron chi connectivity index (χ2n) is 8.42. The number of hydrogen-bond acceptors (Lipinski definition) is 6. The summed E-state index contributed by atoms with van der Waals surface area (Å²) in [7, 11) is 0. The van der Waals surface area contributed by atoms with Gasteiger partial charge in [-0.2, -0.15) is 0 Å². The molecule has 4 rings (SSSR count). The van der Waals surface area contributed by atoms with E-state index in [-0.39, 0.29) is 17.6 Å². The number of thioether (sulfide) groups is 1. The zero-order valence-electron chi connectivity index (χ0n) is 19.6. The van der Waals surface area contributed by atoms with Crippen LogP contribution in [0.3, 0.4) is 0 Å². The van der Waals surface area contributed by atoms with Crippen molar-refractivity contribution < 1.29 is 14.3 Å². The third-order valence-corrected chi connectivity index (χ3v) is 6.25. The molecule has 8 nitrogen and oxygen atoms in total. The molecule has 1 aromatic heterocycles. The number of carbonyl (C=O) groups is 2. The highest BCUT2D eigenvalue weighted by molar-refractivity contribution is 7.99. The van der Waals surface area contributed by atoms with Crippen LogP contribution in [0.15, 0.2) is 53.7 Å². The smallest absolute Gasteiger partial charge is 0.255 e. The average Bonchev–Trinajstić information content (AvgIpc) is 3.57. The minimum Gasteiger partial charge on any atom is -0.494 e. The fraction of sp³-hybridized carbons (Fsp3) is 0.360. The lowest BCUT2D eigenvalue weighted by Crippen LogP contribution is -2.15. The van der Waals surface area contributed by atoms with Gasteiger partial charge in [0.25, 0.3) is 5.91 Å². The number of hydrogen-bond donors (Lipinski definition) is 2. The first-order valence-electron chi connectivity index (χ1n) is 11.5. The first kappa shape index (κ1) is 23.8. The molecule has 0 bridgehead atoms. The van der Waals surface area contributed by atoms with Gasteiger partial charge >= 0.3 is 0 Å². The lowest BCUT2D eigenvalue weighted by Gasteiger charge is -2.11. The van der Waals surface area contributed by atoms with E-state index in [0.717, 1.165) is 29.6 Å². The number of rotatable bonds is 10. The quantitative estimate of drug-likeness (QED) is 0.392. The van der Waals surface area contributed by atoms with Crippen molar-refractivity contribution in [2.24, 2.45) is 0 Å². The van der Waals surface area contributed by atoms with E-state index in [0.29, 0.717) is 35.5 Å². The summed E-state index contributed by atoms with van der Waals surface area (Å²) in [6.07, 6.45) is 2.27. The van der Waals surface area contributed by atoms with Crippen molar-refractivity contribution in [1.82, 2.24) is 14.8 Å². The van der Waals surface area contributed by atoms with Gasteiger partial charge in [0.15, 0.2) is 5.16 Å². The van der Waals surface area contributed by atoms with Crippen molar-refractivity contribution in [2.75, 3.05) is 23.0 Å². The summed E-state index contributed by atoms with van der Waals surface area (Å²) < 4.78 is 7.59. The maximum absolute atomic E-state index is 12.5. The lowest BCUT2D eigenvalue weighted by molar-refractivity contribution is -0.113. The van der Waals surface area contributed by atoms with Crippen molar-refractivity contribution in [3.63, 3.8) is 0 Å². The Morgan fingerprint density at radius 2 is 1.68 bits per heavy atom. The number of carbonyl (C=O) groups excluding carboxylic acids is 2. The van der Waals surface area contributed by atoms with Gasteiger partial charge in [-0.25, -0.2) is 0 Å². The Bertz CT molecular complexity index is 1140. The molecule has 0 spiro atoms. The highest BCUT2D eigenvalue weighted by atomic mass is 32.2. The van der Waals surface area contributed by atoms with E-state index in [2.05, 4.69) is 39.2 Å². The van der Waals surface area contributed by atoms with Crippen LogP contribution in [-0.2, 0) is 4.79 Å². The van der Waals surface area contributed by atoms with Crippen LogP contribution in [0.5, 0.6) is 5.75 Å². The minimum absolute atomic E-state index is 0.131. The third kappa shape index (κ3) is 5.96. The van der Waals surface area contributed by atoms with E-state index in [1.165, 1.54) is 11.8 Å². The fourth-order valence-corrected chi connectivity index (χ4v) is 4.31. The Balaban J connectivity index is 1.29. The normalized spacial score (nSPS) is 13.1. The monoisotopic (exact) mass is 479 g/mol. The molecule has 9 heteroatoms. The summed E-state index contributed by atoms with van der Waals surface area (Å²) in [5, 5.41) is 15.2. The van der Waals surface area contributed by atoms with Crippen LogP contribution in [0.25, 0.3) is 0 Å². The summed E-state index contributed by atoms with van der Waals surface area (Å²) in [5.74, 6) is 1.91. The molecule has 2 aromatic carbocycles. The predicted octanol–water partition coefficient (Wildman–Crippen LogP) is 5.12. The number of anilines is 2. The molecule has 2 N–H and O–H groups in total. The Labute approximate surface area is 203 Å². The number of amides is 2. The standard InChI is InChI=1S/C25H29N5O3S/c1-4-33-21-13-9-19(10-14-21)27-24(32)17-5-7-18(8-6-17)26-22(31)15-34-25-29-28-23(16(2)3)30(25)20-11-12-20/h5-10,13-14,16,20H,4,11-12,15H2,1-3H3,(H,26,31)(H,27,32). The van der Waals surface area contributed by atoms with Crippen LogP contribution >= 0.6 is 11.8 Å². The molecule has 1 aliphatic carbocycles. The van der Waals surface area contributed by atoms with Gasteiger partial charge in [-0.15, -0.1) is 10.2 Å². The summed E-state index contributed by atoms with van der Waals surface area (Å²) >= 11 is 1.40. The van der Waals surface area contributed by atoms with Crippen LogP contribution in [0.2, 0.25) is 0 Å². The molecule has 1 fully saturated rings. The number of aromatic nitrogens is 3. The van der Waals surface area contributed by atoms with Crippen LogP contribution in [0, 0.1) is 0 Å². The molecule has 0 atom stereocenters. The topological polar surface area (TPSA) is 98.1 Å². The highest BCUT2D eigenvalue weighted by Crippen LogP contribution is 2.40. The van der Waals surface area contributed by atoms with Gasteiger partial charge < -0.3 is 19.9 Å². The van der Waals surface area contributed by atoms with Gasteiger partial charge in [0.1, 0.15) is 11.6 Å². The molecule has 1 saturated carbocycles. The fourth-order valence-electron chi connectivity index (χ4n) is 3.49. The first-order valence-corrected chi connectivity index (χ1v) is 12.4. The van der Waals surface area contributed by atoms with E-state index in [1.54, 1.807) is 36.4 Å². The molecular weight excluding hydrogens is 450 g/mol. The summed E-state index contributed by atoms with van der Waals surface area (Å²) in [6, 6.07) is 14.5. The van der Waals surface area contributed by atoms with Gasteiger partial charge in [-0.3, -0.25) is 9.59 Å². The highest BCUT2D eigenvalue weighted by Gasteiger charge is 2.30. The zero-order valence-corrected chi connectivity index (χ0v) is 20.4. The maximum atomic E-state index is 12.5. The lowest BCUT2D eigenvalue weighted by atomic mass is 10.2. The second kappa shape index (κ2) is 10.7. The van der Waals surface area contributed by atoms with E-state index in [4.69, 9.17) is 4.74 Å². The Morgan fingerprint density at radius 1 is 1.03 bits per heavy atom. The third-order valence-electron chi connectivity index (χ3n) is 5.31. The largest absolute Gasteiger partial charge is 0.494 e. The number of benzene rings is 2. The zero-order chi connectivity index (χ0) is 24.1. The van der Waals surface area contributed by atoms with Gasteiger partial charge in [0.2, 0.25) is 5.91 Å². The SMILES string of the molecule is CCOc1ccc(NC(=O)c2ccc(NC(=O)CSc3nnc(C(C)C)n3C3CC3)cc2)cc1. The Morgan fingerprint density at radius 3 is 2.29 bits per heavy atom. The molecule has 0 saturated heterocycles. The first-order chi connectivity index (χ1) is 16.4. The molecule has 1 aliphatic rings. The van der Waals surface area contributed by atoms with Crippen LogP contribution in [0.4, 0.5) is 11.4 Å². The van der Waals surface area contributed by atoms with E-state index >= 15 is 0 Å². The summed E-state index contributed by atoms with van der Waals surface area (Å²) in [5.41, 5.74) is 1.82. The molecule has 2 amide bonds. The average molecular weight is 480 g/mol.